The van der Waals surface area contributed by atoms with Crippen LogP contribution in [0.15, 0.2) is 0 Å². The zero-order chi connectivity index (χ0) is 27.5. The van der Waals surface area contributed by atoms with Crippen LogP contribution in [-0.4, -0.2) is 21.8 Å². The summed E-state index contributed by atoms with van der Waals surface area (Å²) in [5, 5.41) is 20.3. The number of unbranched alkanes of at least 4 members (excludes halogenated alkanes) is 23. The van der Waals surface area contributed by atoms with Gasteiger partial charge in [0, 0.05) is 0 Å². The minimum absolute atomic E-state index is 0.414. The number of hydrogen-bond acceptors (Lipinski definition) is 2. The van der Waals surface area contributed by atoms with Crippen molar-refractivity contribution < 1.29 is 15.0 Å². The van der Waals surface area contributed by atoms with E-state index in [-0.39, 0.29) is 0 Å². The van der Waals surface area contributed by atoms with Crippen LogP contribution in [-0.2, 0) is 4.79 Å². The molecule has 1 atom stereocenters. The molecule has 3 heteroatoms. The molecule has 0 aliphatic rings. The molecule has 0 aromatic heterocycles. The van der Waals surface area contributed by atoms with E-state index in [9.17, 15) is 15.0 Å². The Morgan fingerprint density at radius 1 is 0.514 bits per heavy atom. The molecule has 0 radical (unpaired) electrons. The largest absolute Gasteiger partial charge is 0.479 e. The number of aliphatic carboxylic acids is 1. The van der Waals surface area contributed by atoms with Gasteiger partial charge >= 0.3 is 5.97 Å². The van der Waals surface area contributed by atoms with E-state index in [4.69, 9.17) is 0 Å². The lowest BCUT2D eigenvalue weighted by Crippen LogP contribution is -2.38. The first-order valence-electron chi connectivity index (χ1n) is 16.9. The third-order valence-corrected chi connectivity index (χ3v) is 8.21. The van der Waals surface area contributed by atoms with Crippen LogP contribution in [0.2, 0.25) is 0 Å². The fourth-order valence-electron chi connectivity index (χ4n) is 5.51. The summed E-state index contributed by atoms with van der Waals surface area (Å²) in [5.41, 5.74) is -1.51. The summed E-state index contributed by atoms with van der Waals surface area (Å²) in [6.45, 7) is 6.89. The van der Waals surface area contributed by atoms with Gasteiger partial charge in [0.2, 0.25) is 0 Å². The molecule has 0 amide bonds. The van der Waals surface area contributed by atoms with Crippen LogP contribution in [0.5, 0.6) is 0 Å². The molecular formula is C34H68O3. The maximum Gasteiger partial charge on any atom is 0.335 e. The SMILES string of the molecule is CCCCCCCCCCCCCCCCC(O)(CCCCCCCCCCCCCC(C)C)C(=O)O. The van der Waals surface area contributed by atoms with Gasteiger partial charge < -0.3 is 10.2 Å². The zero-order valence-corrected chi connectivity index (χ0v) is 25.7. The molecule has 0 saturated heterocycles. The summed E-state index contributed by atoms with van der Waals surface area (Å²) in [6.07, 6.45) is 34.1. The summed E-state index contributed by atoms with van der Waals surface area (Å²) in [5.74, 6) is -0.175. The lowest BCUT2D eigenvalue weighted by molar-refractivity contribution is -0.160. The van der Waals surface area contributed by atoms with Crippen molar-refractivity contribution in [1.29, 1.82) is 0 Å². The van der Waals surface area contributed by atoms with Crippen LogP contribution >= 0.6 is 0 Å². The second-order valence-corrected chi connectivity index (χ2v) is 12.5. The molecule has 0 aliphatic carbocycles. The van der Waals surface area contributed by atoms with Crippen LogP contribution in [0.3, 0.4) is 0 Å². The Kier molecular flexibility index (Phi) is 26.6. The highest BCUT2D eigenvalue weighted by molar-refractivity contribution is 5.76. The fraction of sp³-hybridized carbons (Fsp3) is 0.971. The van der Waals surface area contributed by atoms with Gasteiger partial charge in [-0.15, -0.1) is 0 Å². The second kappa shape index (κ2) is 27.0. The van der Waals surface area contributed by atoms with E-state index in [1.54, 1.807) is 0 Å². The number of carboxylic acid groups (broad SMARTS) is 1. The molecule has 0 aliphatic heterocycles. The van der Waals surface area contributed by atoms with Crippen molar-refractivity contribution in [2.24, 2.45) is 5.92 Å². The molecule has 0 bridgehead atoms. The minimum atomic E-state index is -1.51. The van der Waals surface area contributed by atoms with E-state index in [1.165, 1.54) is 141 Å². The molecule has 2 N–H and O–H groups in total. The van der Waals surface area contributed by atoms with Gasteiger partial charge in [0.1, 0.15) is 0 Å². The Bertz CT molecular complexity index is 476. The van der Waals surface area contributed by atoms with E-state index in [0.717, 1.165) is 31.6 Å². The van der Waals surface area contributed by atoms with Gasteiger partial charge in [0.05, 0.1) is 0 Å². The summed E-state index contributed by atoms with van der Waals surface area (Å²) in [7, 11) is 0. The van der Waals surface area contributed by atoms with Crippen LogP contribution < -0.4 is 0 Å². The fourth-order valence-corrected chi connectivity index (χ4v) is 5.51. The molecule has 0 fully saturated rings. The Labute approximate surface area is 233 Å². The first-order valence-corrected chi connectivity index (χ1v) is 16.9. The molecule has 3 nitrogen and oxygen atoms in total. The lowest BCUT2D eigenvalue weighted by Gasteiger charge is -2.23. The van der Waals surface area contributed by atoms with Crippen molar-refractivity contribution in [3.63, 3.8) is 0 Å². The minimum Gasteiger partial charge on any atom is -0.479 e. The molecule has 0 saturated carbocycles. The third kappa shape index (κ3) is 25.5. The Hall–Kier alpha value is -0.570. The van der Waals surface area contributed by atoms with Gasteiger partial charge in [-0.25, -0.2) is 4.79 Å². The van der Waals surface area contributed by atoms with E-state index in [0.29, 0.717) is 12.8 Å². The molecular weight excluding hydrogens is 456 g/mol. The quantitative estimate of drug-likeness (QED) is 0.0918. The summed E-state index contributed by atoms with van der Waals surface area (Å²) >= 11 is 0. The Morgan fingerprint density at radius 2 is 0.784 bits per heavy atom. The molecule has 37 heavy (non-hydrogen) atoms. The summed E-state index contributed by atoms with van der Waals surface area (Å²) in [6, 6.07) is 0. The zero-order valence-electron chi connectivity index (χ0n) is 25.7. The van der Waals surface area contributed by atoms with Crippen molar-refractivity contribution in [2.45, 2.75) is 206 Å². The van der Waals surface area contributed by atoms with E-state index in [1.807, 2.05) is 0 Å². The van der Waals surface area contributed by atoms with Gasteiger partial charge in [-0.2, -0.15) is 0 Å². The molecule has 0 heterocycles. The van der Waals surface area contributed by atoms with Crippen LogP contribution in [0.1, 0.15) is 201 Å². The van der Waals surface area contributed by atoms with E-state index < -0.39 is 11.6 Å². The highest BCUT2D eigenvalue weighted by Crippen LogP contribution is 2.24. The van der Waals surface area contributed by atoms with Crippen molar-refractivity contribution in [3.8, 4) is 0 Å². The van der Waals surface area contributed by atoms with Crippen LogP contribution in [0, 0.1) is 5.92 Å². The number of hydrogen-bond donors (Lipinski definition) is 2. The standard InChI is InChI=1S/C34H68O3/c1-4-5-6-7-8-9-10-11-12-15-18-21-24-27-30-34(37,33(35)36)31-28-25-22-19-16-13-14-17-20-23-26-29-32(2)3/h32,37H,4-31H2,1-3H3,(H,35,36). The monoisotopic (exact) mass is 525 g/mol. The first-order chi connectivity index (χ1) is 17.9. The number of carboxylic acids is 1. The number of rotatable bonds is 30. The average Bonchev–Trinajstić information content (AvgIpc) is 2.86. The van der Waals surface area contributed by atoms with Crippen molar-refractivity contribution in [3.05, 3.63) is 0 Å². The Morgan fingerprint density at radius 3 is 1.05 bits per heavy atom. The van der Waals surface area contributed by atoms with Gasteiger partial charge in [-0.1, -0.05) is 175 Å². The predicted molar refractivity (Wildman–Crippen MR) is 162 cm³/mol. The topological polar surface area (TPSA) is 57.5 Å². The smallest absolute Gasteiger partial charge is 0.335 e. The van der Waals surface area contributed by atoms with E-state index in [2.05, 4.69) is 20.8 Å². The van der Waals surface area contributed by atoms with Gasteiger partial charge in [-0.3, -0.25) is 0 Å². The summed E-state index contributed by atoms with van der Waals surface area (Å²) in [4.78, 5) is 11.7. The summed E-state index contributed by atoms with van der Waals surface area (Å²) < 4.78 is 0. The van der Waals surface area contributed by atoms with Gasteiger partial charge in [0.15, 0.2) is 5.60 Å². The maximum absolute atomic E-state index is 11.7. The van der Waals surface area contributed by atoms with Gasteiger partial charge in [-0.05, 0) is 31.6 Å². The Balaban J connectivity index is 3.56. The highest BCUT2D eigenvalue weighted by atomic mass is 16.4. The molecule has 0 aromatic carbocycles. The van der Waals surface area contributed by atoms with Crippen molar-refractivity contribution in [1.82, 2.24) is 0 Å². The highest BCUT2D eigenvalue weighted by Gasteiger charge is 2.34. The molecule has 222 valence electrons. The van der Waals surface area contributed by atoms with E-state index >= 15 is 0 Å². The van der Waals surface area contributed by atoms with Crippen LogP contribution in [0.25, 0.3) is 0 Å². The van der Waals surface area contributed by atoms with Crippen LogP contribution in [0.4, 0.5) is 0 Å². The maximum atomic E-state index is 11.7. The first kappa shape index (κ1) is 36.4. The van der Waals surface area contributed by atoms with Crippen molar-refractivity contribution in [2.75, 3.05) is 0 Å². The predicted octanol–water partition coefficient (Wildman–Crippen LogP) is 11.4. The molecule has 0 rings (SSSR count). The lowest BCUT2D eigenvalue weighted by atomic mass is 9.89. The van der Waals surface area contributed by atoms with Crippen molar-refractivity contribution >= 4 is 5.97 Å². The molecule has 1 unspecified atom stereocenters. The number of carbonyl (C=O) groups is 1. The molecule has 0 spiro atoms. The number of aliphatic hydroxyl groups is 1. The second-order valence-electron chi connectivity index (χ2n) is 12.5. The third-order valence-electron chi connectivity index (χ3n) is 8.21. The van der Waals surface area contributed by atoms with Gasteiger partial charge in [0.25, 0.3) is 0 Å². The normalized spacial score (nSPS) is 13.3. The molecule has 0 aromatic rings. The average molecular weight is 525 g/mol.